The Kier molecular flexibility index (Phi) is 11.7. The molecule has 0 aliphatic carbocycles. The number of hydrogen-bond acceptors (Lipinski definition) is 5. The van der Waals surface area contributed by atoms with Gasteiger partial charge in [0.1, 0.15) is 0 Å². The Morgan fingerprint density at radius 2 is 1.96 bits per heavy atom. The van der Waals surface area contributed by atoms with Gasteiger partial charge in [-0.1, -0.05) is 13.8 Å². The van der Waals surface area contributed by atoms with Crippen LogP contribution < -0.4 is 10.6 Å². The highest BCUT2D eigenvalue weighted by atomic mass is 127. The number of aromatic nitrogens is 1. The SMILES string of the molecule is CCNC(=NCc1sc(C)nc1C)NCC(CC(C)C)N1CCOCC1.I. The predicted molar refractivity (Wildman–Crippen MR) is 125 cm³/mol. The van der Waals surface area contributed by atoms with Crippen molar-refractivity contribution in [2.24, 2.45) is 10.9 Å². The van der Waals surface area contributed by atoms with Crippen LogP contribution in [0.1, 0.15) is 42.8 Å². The van der Waals surface area contributed by atoms with E-state index >= 15 is 0 Å². The van der Waals surface area contributed by atoms with E-state index in [1.807, 2.05) is 6.92 Å². The molecule has 1 aliphatic rings. The second-order valence-electron chi connectivity index (χ2n) is 7.25. The van der Waals surface area contributed by atoms with Crippen molar-refractivity contribution in [3.63, 3.8) is 0 Å². The Morgan fingerprint density at radius 3 is 2.52 bits per heavy atom. The summed E-state index contributed by atoms with van der Waals surface area (Å²) in [5.41, 5.74) is 1.10. The lowest BCUT2D eigenvalue weighted by molar-refractivity contribution is 0.0132. The fourth-order valence-electron chi connectivity index (χ4n) is 3.28. The summed E-state index contributed by atoms with van der Waals surface area (Å²) in [7, 11) is 0. The van der Waals surface area contributed by atoms with Gasteiger partial charge in [0.05, 0.1) is 30.5 Å². The van der Waals surface area contributed by atoms with Crippen LogP contribution in [0.25, 0.3) is 0 Å². The van der Waals surface area contributed by atoms with Gasteiger partial charge in [-0.15, -0.1) is 35.3 Å². The predicted octanol–water partition coefficient (Wildman–Crippen LogP) is 3.18. The minimum atomic E-state index is 0. The second kappa shape index (κ2) is 12.9. The fraction of sp³-hybridized carbons (Fsp3) is 0.789. The van der Waals surface area contributed by atoms with Crippen molar-refractivity contribution in [2.45, 2.75) is 53.6 Å². The second-order valence-corrected chi connectivity index (χ2v) is 8.54. The smallest absolute Gasteiger partial charge is 0.191 e. The Morgan fingerprint density at radius 1 is 1.26 bits per heavy atom. The number of halogens is 1. The minimum Gasteiger partial charge on any atom is -0.379 e. The molecule has 2 rings (SSSR count). The van der Waals surface area contributed by atoms with Crippen molar-refractivity contribution in [1.82, 2.24) is 20.5 Å². The lowest BCUT2D eigenvalue weighted by Crippen LogP contribution is -2.51. The third kappa shape index (κ3) is 8.62. The zero-order valence-corrected chi connectivity index (χ0v) is 20.5. The molecule has 0 spiro atoms. The number of nitrogens with zero attached hydrogens (tertiary/aromatic N) is 3. The van der Waals surface area contributed by atoms with Crippen molar-refractivity contribution >= 4 is 41.3 Å². The summed E-state index contributed by atoms with van der Waals surface area (Å²) in [5.74, 6) is 1.56. The van der Waals surface area contributed by atoms with E-state index in [-0.39, 0.29) is 24.0 Å². The standard InChI is InChI=1S/C19H35N5OS.HI/c1-6-20-19(22-13-18-15(4)23-16(5)26-18)21-12-17(11-14(2)3)24-7-9-25-10-8-24;/h14,17H,6-13H2,1-5H3,(H2,20,21,22);1H. The average molecular weight is 510 g/mol. The van der Waals surface area contributed by atoms with Crippen LogP contribution in [0.2, 0.25) is 0 Å². The van der Waals surface area contributed by atoms with Crippen LogP contribution in [0.15, 0.2) is 4.99 Å². The van der Waals surface area contributed by atoms with Crippen molar-refractivity contribution in [1.29, 1.82) is 0 Å². The molecule has 1 aromatic heterocycles. The van der Waals surface area contributed by atoms with E-state index in [4.69, 9.17) is 9.73 Å². The molecule has 0 bridgehead atoms. The summed E-state index contributed by atoms with van der Waals surface area (Å²) >= 11 is 1.73. The molecule has 1 aliphatic heterocycles. The molecule has 0 saturated carbocycles. The van der Waals surface area contributed by atoms with Crippen molar-refractivity contribution < 1.29 is 4.74 Å². The molecule has 8 heteroatoms. The highest BCUT2D eigenvalue weighted by Gasteiger charge is 2.22. The van der Waals surface area contributed by atoms with Gasteiger partial charge in [-0.2, -0.15) is 0 Å². The van der Waals surface area contributed by atoms with E-state index < -0.39 is 0 Å². The monoisotopic (exact) mass is 509 g/mol. The molecule has 1 atom stereocenters. The molecule has 6 nitrogen and oxygen atoms in total. The lowest BCUT2D eigenvalue weighted by Gasteiger charge is -2.35. The lowest BCUT2D eigenvalue weighted by atomic mass is 10.0. The molecule has 1 saturated heterocycles. The topological polar surface area (TPSA) is 61.8 Å². The number of thiazole rings is 1. The Balaban J connectivity index is 0.00000364. The molecule has 156 valence electrons. The Labute approximate surface area is 185 Å². The minimum absolute atomic E-state index is 0. The number of guanidine groups is 1. The number of aliphatic imine (C=N–C) groups is 1. The molecule has 0 aromatic carbocycles. The summed E-state index contributed by atoms with van der Waals surface area (Å²) in [5, 5.41) is 8.04. The first-order valence-electron chi connectivity index (χ1n) is 9.76. The molecule has 2 N–H and O–H groups in total. The molecule has 0 amide bonds. The van der Waals surface area contributed by atoms with E-state index in [0.717, 1.165) is 56.1 Å². The average Bonchev–Trinajstić information content (AvgIpc) is 2.94. The first-order chi connectivity index (χ1) is 12.5. The van der Waals surface area contributed by atoms with Crippen LogP contribution in [0.3, 0.4) is 0 Å². The fourth-order valence-corrected chi connectivity index (χ4v) is 4.14. The van der Waals surface area contributed by atoms with Gasteiger partial charge in [-0.25, -0.2) is 9.98 Å². The van der Waals surface area contributed by atoms with Gasteiger partial charge in [0.15, 0.2) is 5.96 Å². The first-order valence-corrected chi connectivity index (χ1v) is 10.6. The van der Waals surface area contributed by atoms with Gasteiger partial charge in [-0.3, -0.25) is 4.90 Å². The number of nitrogens with one attached hydrogen (secondary N) is 2. The van der Waals surface area contributed by atoms with Crippen LogP contribution in [0.4, 0.5) is 0 Å². The third-order valence-electron chi connectivity index (χ3n) is 4.54. The van der Waals surface area contributed by atoms with E-state index in [9.17, 15) is 0 Å². The molecule has 0 radical (unpaired) electrons. The Hall–Kier alpha value is -0.450. The first kappa shape index (κ1) is 24.6. The van der Waals surface area contributed by atoms with Crippen molar-refractivity contribution in [2.75, 3.05) is 39.4 Å². The van der Waals surface area contributed by atoms with Gasteiger partial charge in [-0.05, 0) is 33.1 Å². The molecular weight excluding hydrogens is 473 g/mol. The van der Waals surface area contributed by atoms with E-state index in [1.165, 1.54) is 11.3 Å². The summed E-state index contributed by atoms with van der Waals surface area (Å²) < 4.78 is 5.52. The maximum atomic E-state index is 5.52. The third-order valence-corrected chi connectivity index (χ3v) is 5.59. The molecule has 27 heavy (non-hydrogen) atoms. The van der Waals surface area contributed by atoms with Gasteiger partial charge >= 0.3 is 0 Å². The maximum absolute atomic E-state index is 5.52. The largest absolute Gasteiger partial charge is 0.379 e. The number of aryl methyl sites for hydroxylation is 2. The van der Waals surface area contributed by atoms with Gasteiger partial charge in [0, 0.05) is 37.1 Å². The van der Waals surface area contributed by atoms with Gasteiger partial charge in [0.25, 0.3) is 0 Å². The van der Waals surface area contributed by atoms with Crippen LogP contribution in [-0.4, -0.2) is 61.3 Å². The molecular formula is C19H36IN5OS. The summed E-state index contributed by atoms with van der Waals surface area (Å²) in [4.78, 5) is 13.1. The molecule has 1 fully saturated rings. The van der Waals surface area contributed by atoms with Crippen LogP contribution in [-0.2, 0) is 11.3 Å². The van der Waals surface area contributed by atoms with Gasteiger partial charge in [0.2, 0.25) is 0 Å². The van der Waals surface area contributed by atoms with E-state index in [1.54, 1.807) is 11.3 Å². The summed E-state index contributed by atoms with van der Waals surface area (Å²) in [6.07, 6.45) is 1.18. The van der Waals surface area contributed by atoms with Crippen molar-refractivity contribution in [3.05, 3.63) is 15.6 Å². The number of hydrogen-bond donors (Lipinski definition) is 2. The van der Waals surface area contributed by atoms with E-state index in [2.05, 4.69) is 48.2 Å². The quantitative estimate of drug-likeness (QED) is 0.320. The normalized spacial score (nSPS) is 16.9. The molecule has 1 unspecified atom stereocenters. The molecule has 1 aromatic rings. The van der Waals surface area contributed by atoms with Crippen LogP contribution >= 0.6 is 35.3 Å². The zero-order valence-electron chi connectivity index (χ0n) is 17.4. The highest BCUT2D eigenvalue weighted by Crippen LogP contribution is 2.18. The molecule has 2 heterocycles. The number of rotatable bonds is 8. The summed E-state index contributed by atoms with van der Waals surface area (Å²) in [6.45, 7) is 17.0. The van der Waals surface area contributed by atoms with Crippen LogP contribution in [0.5, 0.6) is 0 Å². The highest BCUT2D eigenvalue weighted by molar-refractivity contribution is 14.0. The Bertz CT molecular complexity index is 572. The number of morpholine rings is 1. The van der Waals surface area contributed by atoms with Crippen LogP contribution in [0, 0.1) is 19.8 Å². The van der Waals surface area contributed by atoms with Crippen molar-refractivity contribution in [3.8, 4) is 0 Å². The van der Waals surface area contributed by atoms with E-state index in [0.29, 0.717) is 18.5 Å². The van der Waals surface area contributed by atoms with Gasteiger partial charge < -0.3 is 15.4 Å². The summed E-state index contributed by atoms with van der Waals surface area (Å²) in [6, 6.07) is 0.509. The number of ether oxygens (including phenoxy) is 1. The maximum Gasteiger partial charge on any atom is 0.191 e. The zero-order chi connectivity index (χ0) is 18.9.